The molecule has 0 saturated heterocycles. The first-order valence-corrected chi connectivity index (χ1v) is 4.63. The molecule has 0 fully saturated rings. The normalized spacial score (nSPS) is 10.1. The lowest BCUT2D eigenvalue weighted by molar-refractivity contribution is 0.900. The lowest BCUT2D eigenvalue weighted by Crippen LogP contribution is -2.21. The maximum atomic E-state index is 5.37. The standard InChI is InChI=1S/C9H17N5/c1-5-14(4)9-6(2)8(13-10)11-7(3)12-9/h5,10H2,1-4H3,(H,11,12,13). The van der Waals surface area contributed by atoms with Crippen molar-refractivity contribution in [2.45, 2.75) is 20.8 Å². The molecule has 3 N–H and O–H groups in total. The lowest BCUT2D eigenvalue weighted by Gasteiger charge is -2.19. The maximum absolute atomic E-state index is 5.37. The van der Waals surface area contributed by atoms with Gasteiger partial charge >= 0.3 is 0 Å². The Balaban J connectivity index is 3.21. The van der Waals surface area contributed by atoms with Crippen LogP contribution in [0.1, 0.15) is 18.3 Å². The Morgan fingerprint density at radius 1 is 1.36 bits per heavy atom. The molecule has 78 valence electrons. The van der Waals surface area contributed by atoms with Crippen LogP contribution in [-0.4, -0.2) is 23.6 Å². The predicted molar refractivity (Wildman–Crippen MR) is 58.3 cm³/mol. The number of aromatic nitrogens is 2. The van der Waals surface area contributed by atoms with Crippen LogP contribution in [0.2, 0.25) is 0 Å². The van der Waals surface area contributed by atoms with Gasteiger partial charge < -0.3 is 10.3 Å². The Labute approximate surface area is 84.3 Å². The molecule has 0 saturated carbocycles. The van der Waals surface area contributed by atoms with Gasteiger partial charge in [0, 0.05) is 19.2 Å². The second kappa shape index (κ2) is 4.23. The van der Waals surface area contributed by atoms with Crippen molar-refractivity contribution in [2.75, 3.05) is 23.9 Å². The first-order valence-electron chi connectivity index (χ1n) is 4.63. The summed E-state index contributed by atoms with van der Waals surface area (Å²) in [6.07, 6.45) is 0. The molecule has 1 aromatic heterocycles. The van der Waals surface area contributed by atoms with Crippen molar-refractivity contribution in [1.82, 2.24) is 9.97 Å². The summed E-state index contributed by atoms with van der Waals surface area (Å²) >= 11 is 0. The lowest BCUT2D eigenvalue weighted by atomic mass is 10.3. The third kappa shape index (κ3) is 1.93. The van der Waals surface area contributed by atoms with Gasteiger partial charge in [-0.1, -0.05) is 0 Å². The average molecular weight is 195 g/mol. The minimum atomic E-state index is 0.688. The number of aryl methyl sites for hydroxylation is 1. The number of nitrogen functional groups attached to an aromatic ring is 1. The first-order chi connectivity index (χ1) is 6.60. The fourth-order valence-corrected chi connectivity index (χ4v) is 1.28. The Bertz CT molecular complexity index is 323. The Morgan fingerprint density at radius 2 is 2.00 bits per heavy atom. The summed E-state index contributed by atoms with van der Waals surface area (Å²) in [6, 6.07) is 0. The summed E-state index contributed by atoms with van der Waals surface area (Å²) in [7, 11) is 2.00. The number of nitrogens with zero attached hydrogens (tertiary/aromatic N) is 3. The molecule has 0 aromatic carbocycles. The fourth-order valence-electron chi connectivity index (χ4n) is 1.28. The van der Waals surface area contributed by atoms with Gasteiger partial charge in [0.15, 0.2) is 0 Å². The van der Waals surface area contributed by atoms with E-state index < -0.39 is 0 Å². The largest absolute Gasteiger partial charge is 0.360 e. The number of hydrazine groups is 1. The van der Waals surface area contributed by atoms with Crippen molar-refractivity contribution >= 4 is 11.6 Å². The second-order valence-electron chi connectivity index (χ2n) is 3.23. The molecule has 0 atom stereocenters. The highest BCUT2D eigenvalue weighted by atomic mass is 15.3. The van der Waals surface area contributed by atoms with E-state index in [1.54, 1.807) is 0 Å². The van der Waals surface area contributed by atoms with Crippen LogP contribution in [0.5, 0.6) is 0 Å². The van der Waals surface area contributed by atoms with Crippen molar-refractivity contribution < 1.29 is 0 Å². The molecule has 0 aliphatic carbocycles. The van der Waals surface area contributed by atoms with Crippen LogP contribution in [0, 0.1) is 13.8 Å². The van der Waals surface area contributed by atoms with E-state index >= 15 is 0 Å². The molecule has 0 aliphatic heterocycles. The zero-order valence-corrected chi connectivity index (χ0v) is 9.13. The average Bonchev–Trinajstić information content (AvgIpc) is 2.19. The third-order valence-electron chi connectivity index (χ3n) is 2.20. The molecule has 1 rings (SSSR count). The maximum Gasteiger partial charge on any atom is 0.148 e. The van der Waals surface area contributed by atoms with Crippen molar-refractivity contribution in [3.8, 4) is 0 Å². The van der Waals surface area contributed by atoms with E-state index in [9.17, 15) is 0 Å². The highest BCUT2D eigenvalue weighted by Gasteiger charge is 2.10. The molecule has 0 unspecified atom stereocenters. The zero-order valence-electron chi connectivity index (χ0n) is 9.13. The van der Waals surface area contributed by atoms with E-state index in [1.165, 1.54) is 0 Å². The molecule has 0 aliphatic rings. The van der Waals surface area contributed by atoms with Crippen molar-refractivity contribution in [3.63, 3.8) is 0 Å². The Kier molecular flexibility index (Phi) is 3.24. The molecular weight excluding hydrogens is 178 g/mol. The highest BCUT2D eigenvalue weighted by Crippen LogP contribution is 2.21. The molecule has 0 radical (unpaired) electrons. The fraction of sp³-hybridized carbons (Fsp3) is 0.556. The molecule has 5 heteroatoms. The SMILES string of the molecule is CCN(C)c1nc(C)nc(NN)c1C. The molecule has 0 spiro atoms. The Hall–Kier alpha value is -1.36. The number of anilines is 2. The van der Waals surface area contributed by atoms with Gasteiger partial charge in [0.05, 0.1) is 0 Å². The van der Waals surface area contributed by atoms with Crippen molar-refractivity contribution in [1.29, 1.82) is 0 Å². The quantitative estimate of drug-likeness (QED) is 0.552. The van der Waals surface area contributed by atoms with Crippen LogP contribution >= 0.6 is 0 Å². The summed E-state index contributed by atoms with van der Waals surface area (Å²) < 4.78 is 0. The van der Waals surface area contributed by atoms with Gasteiger partial charge in [-0.3, -0.25) is 0 Å². The van der Waals surface area contributed by atoms with Crippen LogP contribution in [0.4, 0.5) is 11.6 Å². The van der Waals surface area contributed by atoms with E-state index in [2.05, 4.69) is 27.2 Å². The van der Waals surface area contributed by atoms with E-state index in [4.69, 9.17) is 5.84 Å². The smallest absolute Gasteiger partial charge is 0.148 e. The van der Waals surface area contributed by atoms with Gasteiger partial charge in [-0.05, 0) is 20.8 Å². The molecule has 1 aromatic rings. The number of rotatable bonds is 3. The van der Waals surface area contributed by atoms with Gasteiger partial charge in [0.1, 0.15) is 17.5 Å². The van der Waals surface area contributed by atoms with Crippen LogP contribution < -0.4 is 16.2 Å². The zero-order chi connectivity index (χ0) is 10.7. The molecule has 5 nitrogen and oxygen atoms in total. The second-order valence-corrected chi connectivity index (χ2v) is 3.23. The molecule has 1 heterocycles. The number of nitrogens with one attached hydrogen (secondary N) is 1. The molecule has 14 heavy (non-hydrogen) atoms. The summed E-state index contributed by atoms with van der Waals surface area (Å²) in [5, 5.41) is 0. The van der Waals surface area contributed by atoms with Gasteiger partial charge in [-0.15, -0.1) is 0 Å². The van der Waals surface area contributed by atoms with Crippen LogP contribution in [0.15, 0.2) is 0 Å². The minimum absolute atomic E-state index is 0.688. The van der Waals surface area contributed by atoms with Crippen LogP contribution in [-0.2, 0) is 0 Å². The number of nitrogens with two attached hydrogens (primary N) is 1. The van der Waals surface area contributed by atoms with Gasteiger partial charge in [-0.2, -0.15) is 0 Å². The van der Waals surface area contributed by atoms with E-state index in [0.717, 1.165) is 23.8 Å². The highest BCUT2D eigenvalue weighted by molar-refractivity contribution is 5.57. The molecule has 0 bridgehead atoms. The van der Waals surface area contributed by atoms with Crippen molar-refractivity contribution in [2.24, 2.45) is 5.84 Å². The minimum Gasteiger partial charge on any atom is -0.360 e. The number of hydrogen-bond acceptors (Lipinski definition) is 5. The predicted octanol–water partition coefficient (Wildman–Crippen LogP) is 0.835. The van der Waals surface area contributed by atoms with Gasteiger partial charge in [-0.25, -0.2) is 15.8 Å². The summed E-state index contributed by atoms with van der Waals surface area (Å²) in [5.41, 5.74) is 3.55. The van der Waals surface area contributed by atoms with Gasteiger partial charge in [0.2, 0.25) is 0 Å². The van der Waals surface area contributed by atoms with Crippen LogP contribution in [0.25, 0.3) is 0 Å². The summed E-state index contributed by atoms with van der Waals surface area (Å²) in [4.78, 5) is 10.6. The Morgan fingerprint density at radius 3 is 2.50 bits per heavy atom. The van der Waals surface area contributed by atoms with Crippen molar-refractivity contribution in [3.05, 3.63) is 11.4 Å². The first kappa shape index (κ1) is 10.7. The summed E-state index contributed by atoms with van der Waals surface area (Å²) in [5.74, 6) is 7.70. The van der Waals surface area contributed by atoms with E-state index in [0.29, 0.717) is 5.82 Å². The molecule has 0 amide bonds. The third-order valence-corrected chi connectivity index (χ3v) is 2.20. The van der Waals surface area contributed by atoms with E-state index in [-0.39, 0.29) is 0 Å². The molecular formula is C9H17N5. The van der Waals surface area contributed by atoms with Crippen LogP contribution in [0.3, 0.4) is 0 Å². The summed E-state index contributed by atoms with van der Waals surface area (Å²) in [6.45, 7) is 6.79. The van der Waals surface area contributed by atoms with Gasteiger partial charge in [0.25, 0.3) is 0 Å². The monoisotopic (exact) mass is 195 g/mol. The van der Waals surface area contributed by atoms with E-state index in [1.807, 2.05) is 20.9 Å². The number of hydrogen-bond donors (Lipinski definition) is 2. The topological polar surface area (TPSA) is 67.1 Å².